The second kappa shape index (κ2) is 11.3. The molecule has 4 nitrogen and oxygen atoms in total. The van der Waals surface area contributed by atoms with Gasteiger partial charge in [0.2, 0.25) is 0 Å². The zero-order valence-corrected chi connectivity index (χ0v) is 19.8. The number of aldehydes is 1. The van der Waals surface area contributed by atoms with Gasteiger partial charge < -0.3 is 15.2 Å². The first-order valence-corrected chi connectivity index (χ1v) is 12.0. The number of nitrogens with one attached hydrogen (secondary N) is 1. The zero-order valence-electron chi connectivity index (χ0n) is 19.0. The molecule has 0 saturated carbocycles. The van der Waals surface area contributed by atoms with Crippen LogP contribution in [0.4, 0.5) is 0 Å². The van der Waals surface area contributed by atoms with Crippen molar-refractivity contribution in [3.63, 3.8) is 0 Å². The molecule has 0 heterocycles. The van der Waals surface area contributed by atoms with Crippen molar-refractivity contribution in [2.24, 2.45) is 5.92 Å². The Labute approximate surface area is 191 Å². The number of aryl methyl sites for hydroxylation is 1. The van der Waals surface area contributed by atoms with Crippen LogP contribution in [0.15, 0.2) is 53.4 Å². The van der Waals surface area contributed by atoms with Crippen molar-refractivity contribution < 1.29 is 9.90 Å². The van der Waals surface area contributed by atoms with Crippen molar-refractivity contribution in [1.29, 1.82) is 0 Å². The highest BCUT2D eigenvalue weighted by Gasteiger charge is 2.28. The Morgan fingerprint density at radius 3 is 2.48 bits per heavy atom. The molecule has 0 fully saturated rings. The molecule has 0 amide bonds. The predicted molar refractivity (Wildman–Crippen MR) is 129 cm³/mol. The van der Waals surface area contributed by atoms with E-state index in [1.54, 1.807) is 11.9 Å². The molecular formula is C26H36N2O2S. The number of benzene rings is 2. The molecule has 1 atom stereocenters. The monoisotopic (exact) mass is 440 g/mol. The Hall–Kier alpha value is -1.66. The molecule has 1 aliphatic rings. The van der Waals surface area contributed by atoms with Gasteiger partial charge in [0, 0.05) is 29.9 Å². The third-order valence-electron chi connectivity index (χ3n) is 5.98. The third-order valence-corrected chi connectivity index (χ3v) is 7.03. The fourth-order valence-corrected chi connectivity index (χ4v) is 5.57. The summed E-state index contributed by atoms with van der Waals surface area (Å²) < 4.78 is 2.08. The number of nitrogens with zero attached hydrogens (tertiary/aromatic N) is 1. The van der Waals surface area contributed by atoms with E-state index >= 15 is 0 Å². The number of hydrogen-bond acceptors (Lipinski definition) is 5. The highest BCUT2D eigenvalue weighted by Crippen LogP contribution is 2.32. The Kier molecular flexibility index (Phi) is 8.73. The molecule has 31 heavy (non-hydrogen) atoms. The van der Waals surface area contributed by atoms with Crippen LogP contribution in [-0.2, 0) is 24.1 Å². The van der Waals surface area contributed by atoms with Crippen LogP contribution >= 0.6 is 11.9 Å². The smallest absolute Gasteiger partial charge is 0.120 e. The molecule has 0 saturated heterocycles. The van der Waals surface area contributed by atoms with Crippen molar-refractivity contribution in [1.82, 2.24) is 9.62 Å². The average molecular weight is 441 g/mol. The van der Waals surface area contributed by atoms with E-state index in [0.29, 0.717) is 25.4 Å². The molecule has 2 N–H and O–H groups in total. The van der Waals surface area contributed by atoms with Crippen LogP contribution in [0.25, 0.3) is 0 Å². The highest BCUT2D eigenvalue weighted by molar-refractivity contribution is 7.97. The zero-order chi connectivity index (χ0) is 22.3. The van der Waals surface area contributed by atoms with E-state index in [-0.39, 0.29) is 5.54 Å². The minimum absolute atomic E-state index is 0.0131. The summed E-state index contributed by atoms with van der Waals surface area (Å²) in [6.07, 6.45) is 5.23. The summed E-state index contributed by atoms with van der Waals surface area (Å²) in [5, 5.41) is 14.2. The number of carbonyl (C=O) groups is 1. The van der Waals surface area contributed by atoms with Crippen LogP contribution in [0.2, 0.25) is 0 Å². The van der Waals surface area contributed by atoms with Gasteiger partial charge in [0.05, 0.1) is 6.10 Å². The second-order valence-electron chi connectivity index (χ2n) is 9.38. The van der Waals surface area contributed by atoms with Crippen LogP contribution in [0.3, 0.4) is 0 Å². The minimum atomic E-state index is -0.445. The predicted octanol–water partition coefficient (Wildman–Crippen LogP) is 4.29. The van der Waals surface area contributed by atoms with E-state index in [4.69, 9.17) is 0 Å². The van der Waals surface area contributed by atoms with Crippen LogP contribution in [0, 0.1) is 5.92 Å². The maximum atomic E-state index is 10.7. The van der Waals surface area contributed by atoms with Gasteiger partial charge in [0.15, 0.2) is 0 Å². The van der Waals surface area contributed by atoms with E-state index in [2.05, 4.69) is 59.9 Å². The van der Waals surface area contributed by atoms with Crippen molar-refractivity contribution >= 4 is 18.2 Å². The number of fused-ring (bicyclic) bond motifs is 1. The molecule has 2 aromatic rings. The number of hydrogen-bond donors (Lipinski definition) is 2. The molecule has 5 heteroatoms. The van der Waals surface area contributed by atoms with Gasteiger partial charge >= 0.3 is 0 Å². The average Bonchev–Trinajstić information content (AvgIpc) is 3.13. The standard InChI is InChI=1S/C26H36N2O2S/c1-26(2,17-20-15-22-10-4-5-11-23(22)16-20)27-18-24(30)19-28(3)31-25-13-7-6-9-21(25)12-8-14-29/h4-7,9-11,13-14,20,24,27,30H,8,12,15-19H2,1-3H3. The van der Waals surface area contributed by atoms with Crippen LogP contribution in [0.1, 0.15) is 43.4 Å². The summed E-state index contributed by atoms with van der Waals surface area (Å²) >= 11 is 1.63. The molecule has 0 spiro atoms. The van der Waals surface area contributed by atoms with Gasteiger partial charge in [0.25, 0.3) is 0 Å². The SMILES string of the molecule is CN(CC(O)CNC(C)(C)CC1Cc2ccccc2C1)Sc1ccccc1CCC=O. The molecule has 168 valence electrons. The maximum Gasteiger partial charge on any atom is 0.120 e. The van der Waals surface area contributed by atoms with Crippen molar-refractivity contribution in [3.8, 4) is 0 Å². The maximum absolute atomic E-state index is 10.7. The Balaban J connectivity index is 1.43. The molecular weight excluding hydrogens is 404 g/mol. The van der Waals surface area contributed by atoms with E-state index in [1.807, 2.05) is 19.2 Å². The molecule has 2 aromatic carbocycles. The molecule has 3 rings (SSSR count). The van der Waals surface area contributed by atoms with Crippen LogP contribution in [-0.4, -0.2) is 47.5 Å². The first-order valence-electron chi connectivity index (χ1n) is 11.3. The molecule has 1 aliphatic carbocycles. The Morgan fingerprint density at radius 1 is 1.16 bits per heavy atom. The van der Waals surface area contributed by atoms with Gasteiger partial charge in [-0.1, -0.05) is 42.5 Å². The van der Waals surface area contributed by atoms with Gasteiger partial charge in [-0.05, 0) is 87.2 Å². The number of β-amino-alcohol motifs (C(OH)–C–C–N with tert-alkyl or cyclic N) is 1. The summed E-state index contributed by atoms with van der Waals surface area (Å²) in [5.41, 5.74) is 4.16. The molecule has 0 radical (unpaired) electrons. The third kappa shape index (κ3) is 7.46. The van der Waals surface area contributed by atoms with Crippen LogP contribution in [0.5, 0.6) is 0 Å². The number of aliphatic hydroxyl groups excluding tert-OH is 1. The van der Waals surface area contributed by atoms with Crippen molar-refractivity contribution in [2.75, 3.05) is 20.1 Å². The fourth-order valence-electron chi connectivity index (χ4n) is 4.56. The molecule has 0 bridgehead atoms. The molecule has 0 aliphatic heterocycles. The topological polar surface area (TPSA) is 52.6 Å². The quantitative estimate of drug-likeness (QED) is 0.381. The number of carbonyl (C=O) groups excluding carboxylic acids is 1. The minimum Gasteiger partial charge on any atom is -0.390 e. The van der Waals surface area contributed by atoms with Crippen LogP contribution < -0.4 is 5.32 Å². The van der Waals surface area contributed by atoms with E-state index in [0.717, 1.165) is 36.9 Å². The largest absolute Gasteiger partial charge is 0.390 e. The lowest BCUT2D eigenvalue weighted by Crippen LogP contribution is -2.46. The Morgan fingerprint density at radius 2 is 1.81 bits per heavy atom. The first-order chi connectivity index (χ1) is 14.9. The van der Waals surface area contributed by atoms with E-state index in [1.165, 1.54) is 16.7 Å². The highest BCUT2D eigenvalue weighted by atomic mass is 32.2. The summed E-state index contributed by atoms with van der Waals surface area (Å²) in [5.74, 6) is 0.665. The van der Waals surface area contributed by atoms with Crippen molar-refractivity contribution in [2.45, 2.75) is 62.5 Å². The summed E-state index contributed by atoms with van der Waals surface area (Å²) in [6.45, 7) is 5.63. The first kappa shape index (κ1) is 24.0. The summed E-state index contributed by atoms with van der Waals surface area (Å²) in [6, 6.07) is 17.0. The number of aliphatic hydroxyl groups is 1. The normalized spacial score (nSPS) is 15.3. The molecule has 0 aromatic heterocycles. The van der Waals surface area contributed by atoms with Gasteiger partial charge in [-0.15, -0.1) is 0 Å². The van der Waals surface area contributed by atoms with E-state index < -0.39 is 6.10 Å². The van der Waals surface area contributed by atoms with Gasteiger partial charge in [0.1, 0.15) is 6.29 Å². The summed E-state index contributed by atoms with van der Waals surface area (Å²) in [7, 11) is 2.01. The lowest BCUT2D eigenvalue weighted by molar-refractivity contribution is -0.107. The van der Waals surface area contributed by atoms with E-state index in [9.17, 15) is 9.90 Å². The number of rotatable bonds is 12. The second-order valence-corrected chi connectivity index (χ2v) is 10.6. The van der Waals surface area contributed by atoms with Crippen molar-refractivity contribution in [3.05, 3.63) is 65.2 Å². The summed E-state index contributed by atoms with van der Waals surface area (Å²) in [4.78, 5) is 11.9. The lowest BCUT2D eigenvalue weighted by Gasteiger charge is -2.31. The Bertz CT molecular complexity index is 830. The molecule has 1 unspecified atom stereocenters. The fraction of sp³-hybridized carbons (Fsp3) is 0.500. The lowest BCUT2D eigenvalue weighted by atomic mass is 9.88. The van der Waals surface area contributed by atoms with Gasteiger partial charge in [-0.3, -0.25) is 0 Å². The van der Waals surface area contributed by atoms with Gasteiger partial charge in [-0.25, -0.2) is 4.31 Å². The van der Waals surface area contributed by atoms with Gasteiger partial charge in [-0.2, -0.15) is 0 Å². The number of likely N-dealkylation sites (N-methyl/N-ethyl adjacent to an activating group) is 1.